The quantitative estimate of drug-likeness (QED) is 0.891. The van der Waals surface area contributed by atoms with Crippen molar-refractivity contribution in [2.75, 3.05) is 13.2 Å². The van der Waals surface area contributed by atoms with Gasteiger partial charge >= 0.3 is 0 Å². The fourth-order valence-electron chi connectivity index (χ4n) is 3.16. The number of fused-ring (bicyclic) bond motifs is 1. The molecule has 2 aromatic carbocycles. The Bertz CT molecular complexity index is 670. The second kappa shape index (κ2) is 6.32. The van der Waals surface area contributed by atoms with Crippen LogP contribution in [0.15, 0.2) is 48.5 Å². The third-order valence-corrected chi connectivity index (χ3v) is 4.56. The number of nitrogens with zero attached hydrogens (tertiary/aromatic N) is 1. The van der Waals surface area contributed by atoms with Crippen molar-refractivity contribution in [2.45, 2.75) is 32.0 Å². The van der Waals surface area contributed by atoms with Crippen LogP contribution in [-0.2, 0) is 6.54 Å². The Kier molecular flexibility index (Phi) is 4.39. The molecule has 3 rings (SSSR count). The molecule has 1 aliphatic heterocycles. The normalized spacial score (nSPS) is 18.0. The molecule has 0 amide bonds. The standard InChI is InChI=1S/C19H24N2O2/c1-19(2,13-22)21-12-14-8-9-16(10-17(14)18(21)11-20)23-15-6-4-3-5-7-15/h3-10,18,22H,11-13,20H2,1-2H3. The number of rotatable bonds is 5. The van der Waals surface area contributed by atoms with E-state index in [1.807, 2.05) is 50.2 Å². The van der Waals surface area contributed by atoms with Crippen LogP contribution in [-0.4, -0.2) is 28.7 Å². The molecule has 2 aromatic rings. The first-order valence-corrected chi connectivity index (χ1v) is 7.98. The van der Waals surface area contributed by atoms with Gasteiger partial charge in [0.1, 0.15) is 11.5 Å². The van der Waals surface area contributed by atoms with Gasteiger partial charge in [0.2, 0.25) is 0 Å². The van der Waals surface area contributed by atoms with Gasteiger partial charge in [0.25, 0.3) is 0 Å². The van der Waals surface area contributed by atoms with Crippen LogP contribution >= 0.6 is 0 Å². The van der Waals surface area contributed by atoms with E-state index < -0.39 is 0 Å². The van der Waals surface area contributed by atoms with E-state index in [1.54, 1.807) is 0 Å². The summed E-state index contributed by atoms with van der Waals surface area (Å²) in [6, 6.07) is 16.0. The van der Waals surface area contributed by atoms with E-state index >= 15 is 0 Å². The maximum Gasteiger partial charge on any atom is 0.127 e. The lowest BCUT2D eigenvalue weighted by Crippen LogP contribution is -2.47. The van der Waals surface area contributed by atoms with Gasteiger partial charge in [-0.15, -0.1) is 0 Å². The highest BCUT2D eigenvalue weighted by Crippen LogP contribution is 2.40. The topological polar surface area (TPSA) is 58.7 Å². The summed E-state index contributed by atoms with van der Waals surface area (Å²) in [5, 5.41) is 9.69. The van der Waals surface area contributed by atoms with Crippen molar-refractivity contribution >= 4 is 0 Å². The van der Waals surface area contributed by atoms with Crippen LogP contribution < -0.4 is 10.5 Å². The molecule has 0 fully saturated rings. The highest BCUT2D eigenvalue weighted by atomic mass is 16.5. The zero-order valence-electron chi connectivity index (χ0n) is 13.7. The van der Waals surface area contributed by atoms with Crippen LogP contribution in [0, 0.1) is 0 Å². The summed E-state index contributed by atoms with van der Waals surface area (Å²) >= 11 is 0. The van der Waals surface area contributed by atoms with Crippen LogP contribution in [0.5, 0.6) is 11.5 Å². The van der Waals surface area contributed by atoms with E-state index in [1.165, 1.54) is 11.1 Å². The average Bonchev–Trinajstić information content (AvgIpc) is 2.94. The second-order valence-corrected chi connectivity index (χ2v) is 6.63. The molecule has 3 N–H and O–H groups in total. The number of ether oxygens (including phenoxy) is 1. The van der Waals surface area contributed by atoms with Gasteiger partial charge in [-0.1, -0.05) is 24.3 Å². The fraction of sp³-hybridized carbons (Fsp3) is 0.368. The van der Waals surface area contributed by atoms with Crippen molar-refractivity contribution in [2.24, 2.45) is 5.73 Å². The van der Waals surface area contributed by atoms with Crippen molar-refractivity contribution in [3.63, 3.8) is 0 Å². The predicted molar refractivity (Wildman–Crippen MR) is 91.5 cm³/mol. The van der Waals surface area contributed by atoms with Gasteiger partial charge in [0.05, 0.1) is 6.61 Å². The summed E-state index contributed by atoms with van der Waals surface area (Å²) in [6.45, 7) is 5.51. The Hall–Kier alpha value is -1.88. The van der Waals surface area contributed by atoms with Gasteiger partial charge in [-0.25, -0.2) is 0 Å². The van der Waals surface area contributed by atoms with Crippen molar-refractivity contribution in [1.29, 1.82) is 0 Å². The third-order valence-electron chi connectivity index (χ3n) is 4.56. The molecule has 1 heterocycles. The fourth-order valence-corrected chi connectivity index (χ4v) is 3.16. The summed E-state index contributed by atoms with van der Waals surface area (Å²) in [5.41, 5.74) is 8.18. The molecule has 0 aliphatic carbocycles. The van der Waals surface area contributed by atoms with Crippen LogP contribution in [0.3, 0.4) is 0 Å². The Morgan fingerprint density at radius 2 is 1.91 bits per heavy atom. The molecule has 122 valence electrons. The first-order valence-electron chi connectivity index (χ1n) is 7.98. The molecule has 0 saturated heterocycles. The largest absolute Gasteiger partial charge is 0.457 e. The zero-order chi connectivity index (χ0) is 16.4. The van der Waals surface area contributed by atoms with E-state index in [0.29, 0.717) is 6.54 Å². The highest BCUT2D eigenvalue weighted by molar-refractivity contribution is 5.43. The van der Waals surface area contributed by atoms with Crippen LogP contribution in [0.25, 0.3) is 0 Å². The molecule has 4 heteroatoms. The third kappa shape index (κ3) is 3.11. The lowest BCUT2D eigenvalue weighted by molar-refractivity contribution is 0.0292. The monoisotopic (exact) mass is 312 g/mol. The maximum absolute atomic E-state index is 9.69. The average molecular weight is 312 g/mol. The molecular weight excluding hydrogens is 288 g/mol. The minimum absolute atomic E-state index is 0.102. The highest BCUT2D eigenvalue weighted by Gasteiger charge is 2.38. The van der Waals surface area contributed by atoms with Gasteiger partial charge in [-0.05, 0) is 49.2 Å². The predicted octanol–water partition coefficient (Wildman–Crippen LogP) is 3.07. The summed E-state index contributed by atoms with van der Waals surface area (Å²) in [7, 11) is 0. The van der Waals surface area contributed by atoms with Crippen molar-refractivity contribution in [3.8, 4) is 11.5 Å². The lowest BCUT2D eigenvalue weighted by atomic mass is 10.0. The number of aliphatic hydroxyl groups excluding tert-OH is 1. The van der Waals surface area contributed by atoms with Crippen molar-refractivity contribution in [1.82, 2.24) is 4.90 Å². The van der Waals surface area contributed by atoms with Gasteiger partial charge in [0.15, 0.2) is 0 Å². The summed E-state index contributed by atoms with van der Waals surface area (Å²) in [6.07, 6.45) is 0. The molecule has 1 atom stereocenters. The maximum atomic E-state index is 9.69. The molecule has 0 bridgehead atoms. The van der Waals surface area contributed by atoms with Gasteiger partial charge < -0.3 is 15.6 Å². The smallest absolute Gasteiger partial charge is 0.127 e. The molecule has 0 spiro atoms. The Morgan fingerprint density at radius 1 is 1.17 bits per heavy atom. The summed E-state index contributed by atoms with van der Waals surface area (Å²) in [4.78, 5) is 2.27. The molecule has 1 aliphatic rings. The minimum atomic E-state index is -0.302. The van der Waals surface area contributed by atoms with Gasteiger partial charge in [-0.2, -0.15) is 0 Å². The number of benzene rings is 2. The number of hydrogen-bond donors (Lipinski definition) is 2. The molecule has 0 saturated carbocycles. The number of nitrogens with two attached hydrogens (primary N) is 1. The number of para-hydroxylation sites is 1. The number of hydrogen-bond acceptors (Lipinski definition) is 4. The number of aliphatic hydroxyl groups is 1. The van der Waals surface area contributed by atoms with Gasteiger partial charge in [-0.3, -0.25) is 4.90 Å². The van der Waals surface area contributed by atoms with E-state index in [-0.39, 0.29) is 18.2 Å². The molecule has 0 radical (unpaired) electrons. The van der Waals surface area contributed by atoms with Crippen LogP contribution in [0.1, 0.15) is 31.0 Å². The van der Waals surface area contributed by atoms with E-state index in [2.05, 4.69) is 17.0 Å². The molecule has 1 unspecified atom stereocenters. The molecular formula is C19H24N2O2. The van der Waals surface area contributed by atoms with E-state index in [0.717, 1.165) is 18.0 Å². The summed E-state index contributed by atoms with van der Waals surface area (Å²) < 4.78 is 5.93. The van der Waals surface area contributed by atoms with Crippen LogP contribution in [0.2, 0.25) is 0 Å². The minimum Gasteiger partial charge on any atom is -0.457 e. The molecule has 23 heavy (non-hydrogen) atoms. The van der Waals surface area contributed by atoms with Crippen LogP contribution in [0.4, 0.5) is 0 Å². The zero-order valence-corrected chi connectivity index (χ0v) is 13.7. The SMILES string of the molecule is CC(C)(CO)N1Cc2ccc(Oc3ccccc3)cc2C1CN. The molecule has 0 aromatic heterocycles. The molecule has 4 nitrogen and oxygen atoms in total. The van der Waals surface area contributed by atoms with Crippen molar-refractivity contribution < 1.29 is 9.84 Å². The first kappa shape index (κ1) is 16.0. The summed E-state index contributed by atoms with van der Waals surface area (Å²) in [5.74, 6) is 1.64. The van der Waals surface area contributed by atoms with E-state index in [4.69, 9.17) is 10.5 Å². The lowest BCUT2D eigenvalue weighted by Gasteiger charge is -2.38. The second-order valence-electron chi connectivity index (χ2n) is 6.63. The Morgan fingerprint density at radius 3 is 2.57 bits per heavy atom. The first-order chi connectivity index (χ1) is 11.0. The van der Waals surface area contributed by atoms with Crippen molar-refractivity contribution in [3.05, 3.63) is 59.7 Å². The Labute approximate surface area is 137 Å². The Balaban J connectivity index is 1.88. The van der Waals surface area contributed by atoms with Gasteiger partial charge in [0, 0.05) is 24.7 Å². The van der Waals surface area contributed by atoms with E-state index in [9.17, 15) is 5.11 Å².